The number of carbonyl (C=O) groups is 2. The van der Waals surface area contributed by atoms with Gasteiger partial charge in [0.05, 0.1) is 19.6 Å². The van der Waals surface area contributed by atoms with Gasteiger partial charge in [0, 0.05) is 29.9 Å². The maximum Gasteiger partial charge on any atom is 0.309 e. The summed E-state index contributed by atoms with van der Waals surface area (Å²) in [6.07, 6.45) is 0. The average Bonchev–Trinajstić information content (AvgIpc) is 3.63. The van der Waals surface area contributed by atoms with Crippen LogP contribution in [0.2, 0.25) is 0 Å². The van der Waals surface area contributed by atoms with Gasteiger partial charge in [0.25, 0.3) is 0 Å². The first-order valence-corrected chi connectivity index (χ1v) is 13.5. The quantitative estimate of drug-likeness (QED) is 0.304. The van der Waals surface area contributed by atoms with E-state index in [2.05, 4.69) is 0 Å². The predicted molar refractivity (Wildman–Crippen MR) is 154 cm³/mol. The third kappa shape index (κ3) is 5.21. The Kier molecular flexibility index (Phi) is 7.31. The number of methoxy groups -OCH3 is 1. The SMILES string of the molecule is COc1ccc([C@@H]2[C@@H](C(=O)O)[C@@H](c3ccc4c(c3)OCO4)CN2CC(=O)N(c2ccccc2)c2ccccc2)cc1. The molecule has 0 aliphatic carbocycles. The summed E-state index contributed by atoms with van der Waals surface area (Å²) < 4.78 is 16.4. The van der Waals surface area contributed by atoms with Gasteiger partial charge in [-0.3, -0.25) is 19.4 Å². The van der Waals surface area contributed by atoms with E-state index >= 15 is 0 Å². The molecule has 1 amide bonds. The maximum atomic E-state index is 14.1. The van der Waals surface area contributed by atoms with E-state index in [9.17, 15) is 14.7 Å². The molecule has 0 spiro atoms. The zero-order valence-electron chi connectivity index (χ0n) is 22.6. The summed E-state index contributed by atoms with van der Waals surface area (Å²) in [7, 11) is 1.59. The number of para-hydroxylation sites is 2. The van der Waals surface area contributed by atoms with Crippen molar-refractivity contribution in [2.45, 2.75) is 12.0 Å². The van der Waals surface area contributed by atoms with E-state index in [0.717, 1.165) is 22.5 Å². The van der Waals surface area contributed by atoms with Gasteiger partial charge < -0.3 is 19.3 Å². The lowest BCUT2D eigenvalue weighted by molar-refractivity contribution is -0.143. The Labute approximate surface area is 238 Å². The van der Waals surface area contributed by atoms with E-state index in [0.29, 0.717) is 23.8 Å². The van der Waals surface area contributed by atoms with Crippen molar-refractivity contribution < 1.29 is 28.9 Å². The monoisotopic (exact) mass is 550 g/mol. The van der Waals surface area contributed by atoms with Crippen LogP contribution < -0.4 is 19.1 Å². The molecule has 4 aromatic rings. The molecule has 6 rings (SSSR count). The fourth-order valence-corrected chi connectivity index (χ4v) is 5.91. The second kappa shape index (κ2) is 11.3. The van der Waals surface area contributed by atoms with E-state index in [-0.39, 0.29) is 25.2 Å². The van der Waals surface area contributed by atoms with Gasteiger partial charge in [0.15, 0.2) is 11.5 Å². The summed E-state index contributed by atoms with van der Waals surface area (Å²) in [4.78, 5) is 30.7. The number of hydrogen-bond donors (Lipinski definition) is 1. The molecule has 0 bridgehead atoms. The highest BCUT2D eigenvalue weighted by atomic mass is 16.7. The smallest absolute Gasteiger partial charge is 0.309 e. The van der Waals surface area contributed by atoms with Crippen molar-refractivity contribution in [3.63, 3.8) is 0 Å². The van der Waals surface area contributed by atoms with Crippen LogP contribution in [-0.4, -0.2) is 48.9 Å². The molecule has 0 saturated carbocycles. The van der Waals surface area contributed by atoms with E-state index in [4.69, 9.17) is 14.2 Å². The number of aliphatic carboxylic acids is 1. The molecule has 1 N–H and O–H groups in total. The van der Waals surface area contributed by atoms with Gasteiger partial charge in [-0.05, 0) is 59.7 Å². The summed E-state index contributed by atoms with van der Waals surface area (Å²) in [5.41, 5.74) is 3.12. The van der Waals surface area contributed by atoms with Crippen molar-refractivity contribution in [2.24, 2.45) is 5.92 Å². The van der Waals surface area contributed by atoms with Crippen LogP contribution in [0.25, 0.3) is 0 Å². The summed E-state index contributed by atoms with van der Waals surface area (Å²) >= 11 is 0. The van der Waals surface area contributed by atoms with Crippen molar-refractivity contribution in [3.05, 3.63) is 114 Å². The fourth-order valence-electron chi connectivity index (χ4n) is 5.91. The molecule has 8 heteroatoms. The molecule has 1 fully saturated rings. The third-order valence-electron chi connectivity index (χ3n) is 7.78. The zero-order valence-corrected chi connectivity index (χ0v) is 22.6. The van der Waals surface area contributed by atoms with Crippen molar-refractivity contribution in [2.75, 3.05) is 31.9 Å². The minimum Gasteiger partial charge on any atom is -0.497 e. The number of fused-ring (bicyclic) bond motifs is 1. The minimum atomic E-state index is -0.925. The zero-order chi connectivity index (χ0) is 28.3. The van der Waals surface area contributed by atoms with Gasteiger partial charge in [-0.1, -0.05) is 54.6 Å². The minimum absolute atomic E-state index is 0.0192. The third-order valence-corrected chi connectivity index (χ3v) is 7.78. The summed E-state index contributed by atoms with van der Waals surface area (Å²) in [6.45, 7) is 0.525. The van der Waals surface area contributed by atoms with Crippen LogP contribution in [-0.2, 0) is 9.59 Å². The van der Waals surface area contributed by atoms with Crippen LogP contribution in [0.1, 0.15) is 23.1 Å². The molecule has 0 radical (unpaired) electrons. The lowest BCUT2D eigenvalue weighted by Gasteiger charge is -2.30. The van der Waals surface area contributed by atoms with E-state index in [1.54, 1.807) is 12.0 Å². The number of benzene rings is 4. The van der Waals surface area contributed by atoms with Crippen LogP contribution in [0.5, 0.6) is 17.2 Å². The highest BCUT2D eigenvalue weighted by molar-refractivity contribution is 6.01. The van der Waals surface area contributed by atoms with Gasteiger partial charge in [-0.25, -0.2) is 0 Å². The molecular weight excluding hydrogens is 520 g/mol. The first-order valence-electron chi connectivity index (χ1n) is 13.5. The second-order valence-electron chi connectivity index (χ2n) is 10.1. The van der Waals surface area contributed by atoms with Crippen molar-refractivity contribution in [3.8, 4) is 17.2 Å². The highest BCUT2D eigenvalue weighted by Gasteiger charge is 2.48. The van der Waals surface area contributed by atoms with E-state index in [1.807, 2.05) is 108 Å². The van der Waals surface area contributed by atoms with Crippen molar-refractivity contribution in [1.29, 1.82) is 0 Å². The Hall–Kier alpha value is -4.82. The topological polar surface area (TPSA) is 88.5 Å². The van der Waals surface area contributed by atoms with Gasteiger partial charge in [0.1, 0.15) is 5.75 Å². The number of nitrogens with zero attached hydrogens (tertiary/aromatic N) is 2. The molecule has 4 aromatic carbocycles. The van der Waals surface area contributed by atoms with Gasteiger partial charge in [-0.2, -0.15) is 0 Å². The molecule has 2 aliphatic rings. The lowest BCUT2D eigenvalue weighted by atomic mass is 9.82. The number of carboxylic acids is 1. The Morgan fingerprint density at radius 2 is 1.46 bits per heavy atom. The molecule has 8 nitrogen and oxygen atoms in total. The Morgan fingerprint density at radius 3 is 2.07 bits per heavy atom. The van der Waals surface area contributed by atoms with Crippen LogP contribution in [0.3, 0.4) is 0 Å². The molecule has 3 atom stereocenters. The Morgan fingerprint density at radius 1 is 0.854 bits per heavy atom. The number of amides is 1. The summed E-state index contributed by atoms with van der Waals surface area (Å²) in [6, 6.07) is 31.4. The predicted octanol–water partition coefficient (Wildman–Crippen LogP) is 5.63. The molecule has 1 saturated heterocycles. The Bertz CT molecular complexity index is 1490. The number of carbonyl (C=O) groups excluding carboxylic acids is 1. The standard InChI is InChI=1S/C33H30N2O6/c1-39-26-15-12-22(13-16-26)32-31(33(37)38)27(23-14-17-28-29(18-23)41-21-40-28)19-34(32)20-30(36)35(24-8-4-2-5-9-24)25-10-6-3-7-11-25/h2-18,27,31-32H,19-21H2,1H3,(H,37,38)/t27-,31+,32-/m1/s1. The summed E-state index contributed by atoms with van der Waals surface area (Å²) in [5.74, 6) is -0.363. The Balaban J connectivity index is 1.39. The van der Waals surface area contributed by atoms with E-state index in [1.165, 1.54) is 0 Å². The van der Waals surface area contributed by atoms with Gasteiger partial charge in [0.2, 0.25) is 12.7 Å². The number of carboxylic acid groups (broad SMARTS) is 1. The van der Waals surface area contributed by atoms with Gasteiger partial charge >= 0.3 is 5.97 Å². The van der Waals surface area contributed by atoms with Crippen LogP contribution in [0, 0.1) is 5.92 Å². The van der Waals surface area contributed by atoms with Crippen molar-refractivity contribution in [1.82, 2.24) is 4.90 Å². The molecule has 2 aliphatic heterocycles. The number of anilines is 2. The normalized spacial score (nSPS) is 19.6. The second-order valence-corrected chi connectivity index (χ2v) is 10.1. The van der Waals surface area contributed by atoms with Gasteiger partial charge in [-0.15, -0.1) is 0 Å². The number of hydrogen-bond acceptors (Lipinski definition) is 6. The van der Waals surface area contributed by atoms with Crippen molar-refractivity contribution >= 4 is 23.3 Å². The first kappa shape index (κ1) is 26.4. The maximum absolute atomic E-state index is 14.1. The summed E-state index contributed by atoms with van der Waals surface area (Å²) in [5, 5.41) is 10.6. The van der Waals surface area contributed by atoms with Crippen LogP contribution in [0.4, 0.5) is 11.4 Å². The number of likely N-dealkylation sites (tertiary alicyclic amines) is 1. The molecule has 0 unspecified atom stereocenters. The number of rotatable bonds is 8. The average molecular weight is 551 g/mol. The largest absolute Gasteiger partial charge is 0.497 e. The molecule has 0 aromatic heterocycles. The van der Waals surface area contributed by atoms with E-state index < -0.39 is 17.9 Å². The fraction of sp³-hybridized carbons (Fsp3) is 0.212. The first-order chi connectivity index (χ1) is 20.0. The molecule has 41 heavy (non-hydrogen) atoms. The molecule has 2 heterocycles. The lowest BCUT2D eigenvalue weighted by Crippen LogP contribution is -2.39. The number of ether oxygens (including phenoxy) is 3. The highest BCUT2D eigenvalue weighted by Crippen LogP contribution is 2.48. The molecule has 208 valence electrons. The van der Waals surface area contributed by atoms with Crippen LogP contribution in [0.15, 0.2) is 103 Å². The van der Waals surface area contributed by atoms with Crippen LogP contribution >= 0.6 is 0 Å². The molecular formula is C33H30N2O6.